The number of nitrogens with one attached hydrogen (secondary N) is 1. The van der Waals surface area contributed by atoms with Crippen molar-refractivity contribution in [2.24, 2.45) is 0 Å². The van der Waals surface area contributed by atoms with Crippen molar-refractivity contribution in [1.82, 2.24) is 5.32 Å². The fraction of sp³-hybridized carbons (Fsp3) is 0.696. The molecule has 0 rings (SSSR count). The summed E-state index contributed by atoms with van der Waals surface area (Å²) in [5.41, 5.74) is 0. The molecule has 0 aromatic heterocycles. The number of rotatable bonds is 36. The van der Waals surface area contributed by atoms with Crippen LogP contribution in [-0.2, 0) is 14.3 Å². The van der Waals surface area contributed by atoms with Gasteiger partial charge in [-0.25, -0.2) is 0 Å². The van der Waals surface area contributed by atoms with E-state index in [2.05, 4.69) is 44.3 Å². The van der Waals surface area contributed by atoms with Crippen molar-refractivity contribution in [1.29, 1.82) is 0 Å². The largest absolute Gasteiger partial charge is 0.462 e. The van der Waals surface area contributed by atoms with Gasteiger partial charge in [0.15, 0.2) is 0 Å². The summed E-state index contributed by atoms with van der Waals surface area (Å²) in [5.74, 6) is -0.602. The molecule has 6 nitrogen and oxygen atoms in total. The van der Waals surface area contributed by atoms with Crippen molar-refractivity contribution < 1.29 is 24.5 Å². The number of aliphatic hydroxyl groups excluding tert-OH is 2. The average molecular weight is 726 g/mol. The third kappa shape index (κ3) is 34.4. The quantitative estimate of drug-likeness (QED) is 0.0259. The molecule has 3 atom stereocenters. The van der Waals surface area contributed by atoms with Crippen LogP contribution in [-0.4, -0.2) is 46.9 Å². The molecule has 0 radical (unpaired) electrons. The minimum Gasteiger partial charge on any atom is -0.462 e. The molecule has 298 valence electrons. The van der Waals surface area contributed by atoms with Gasteiger partial charge in [0, 0.05) is 6.42 Å². The molecule has 0 saturated carbocycles. The van der Waals surface area contributed by atoms with E-state index in [1.54, 1.807) is 0 Å². The molecular weight excluding hydrogens is 647 g/mol. The summed E-state index contributed by atoms with van der Waals surface area (Å²) in [4.78, 5) is 25.8. The molecule has 0 aromatic rings. The number of ether oxygens (including phenoxy) is 1. The first kappa shape index (κ1) is 49.3. The van der Waals surface area contributed by atoms with Gasteiger partial charge in [-0.2, -0.15) is 0 Å². The lowest BCUT2D eigenvalue weighted by atomic mass is 10.0. The Morgan fingerprint density at radius 1 is 0.577 bits per heavy atom. The zero-order valence-corrected chi connectivity index (χ0v) is 33.7. The second-order valence-electron chi connectivity index (χ2n) is 14.1. The summed E-state index contributed by atoms with van der Waals surface area (Å²) >= 11 is 0. The topological polar surface area (TPSA) is 95.9 Å². The summed E-state index contributed by atoms with van der Waals surface area (Å²) in [5, 5.41) is 23.5. The fourth-order valence-electron chi connectivity index (χ4n) is 5.93. The van der Waals surface area contributed by atoms with E-state index in [0.29, 0.717) is 19.3 Å². The number of amides is 1. The molecule has 6 heteroatoms. The molecule has 0 spiro atoms. The fourth-order valence-corrected chi connectivity index (χ4v) is 5.93. The molecule has 1 amide bonds. The molecular formula is C46H79NO5. The highest BCUT2D eigenvalue weighted by molar-refractivity contribution is 5.77. The number of hydrogen-bond donors (Lipinski definition) is 3. The van der Waals surface area contributed by atoms with Gasteiger partial charge in [-0.1, -0.05) is 184 Å². The molecule has 3 N–H and O–H groups in total. The maximum absolute atomic E-state index is 13.1. The Kier molecular flexibility index (Phi) is 37.5. The van der Waals surface area contributed by atoms with Gasteiger partial charge in [-0.15, -0.1) is 0 Å². The summed E-state index contributed by atoms with van der Waals surface area (Å²) < 4.78 is 5.82. The second-order valence-corrected chi connectivity index (χ2v) is 14.1. The third-order valence-corrected chi connectivity index (χ3v) is 9.15. The van der Waals surface area contributed by atoms with Crippen LogP contribution in [0.25, 0.3) is 0 Å². The van der Waals surface area contributed by atoms with E-state index in [0.717, 1.165) is 51.4 Å². The Hall–Kier alpha value is -2.70. The molecule has 3 unspecified atom stereocenters. The molecule has 52 heavy (non-hydrogen) atoms. The van der Waals surface area contributed by atoms with Crippen LogP contribution >= 0.6 is 0 Å². The van der Waals surface area contributed by atoms with Crippen molar-refractivity contribution in [3.63, 3.8) is 0 Å². The van der Waals surface area contributed by atoms with E-state index >= 15 is 0 Å². The normalized spacial score (nSPS) is 14.2. The Bertz CT molecular complexity index is 995. The predicted molar refractivity (Wildman–Crippen MR) is 222 cm³/mol. The van der Waals surface area contributed by atoms with Crippen LogP contribution in [0.1, 0.15) is 181 Å². The van der Waals surface area contributed by atoms with Gasteiger partial charge >= 0.3 is 5.97 Å². The highest BCUT2D eigenvalue weighted by Gasteiger charge is 2.23. The zero-order valence-electron chi connectivity index (χ0n) is 33.7. The van der Waals surface area contributed by atoms with E-state index in [9.17, 15) is 19.8 Å². The van der Waals surface area contributed by atoms with Crippen molar-refractivity contribution in [2.45, 2.75) is 200 Å². The van der Waals surface area contributed by atoms with Gasteiger partial charge in [0.2, 0.25) is 5.91 Å². The highest BCUT2D eigenvalue weighted by Crippen LogP contribution is 2.15. The van der Waals surface area contributed by atoms with Gasteiger partial charge in [0.05, 0.1) is 25.2 Å². The van der Waals surface area contributed by atoms with Crippen LogP contribution in [0.5, 0.6) is 0 Å². The predicted octanol–water partition coefficient (Wildman–Crippen LogP) is 11.9. The number of carbonyl (C=O) groups excluding carboxylic acids is 2. The van der Waals surface area contributed by atoms with Crippen LogP contribution in [0.15, 0.2) is 72.9 Å². The van der Waals surface area contributed by atoms with Crippen molar-refractivity contribution in [3.8, 4) is 0 Å². The first-order chi connectivity index (χ1) is 25.5. The van der Waals surface area contributed by atoms with E-state index in [4.69, 9.17) is 4.74 Å². The average Bonchev–Trinajstić information content (AvgIpc) is 3.13. The lowest BCUT2D eigenvalue weighted by Gasteiger charge is -2.24. The maximum atomic E-state index is 13.1. The van der Waals surface area contributed by atoms with Gasteiger partial charge in [-0.05, 0) is 57.8 Å². The Morgan fingerprint density at radius 3 is 1.65 bits per heavy atom. The van der Waals surface area contributed by atoms with Crippen LogP contribution in [0.2, 0.25) is 0 Å². The number of aliphatic hydroxyl groups is 2. The number of esters is 1. The second kappa shape index (κ2) is 39.5. The standard InChI is InChI=1S/C46H79NO5/c1-4-7-10-13-16-19-21-22-24-27-30-33-36-39-46(51)52-42(37-34-31-28-26-23-20-17-14-11-8-5-2)40-45(50)47-43(41-48)44(49)38-35-32-29-25-18-15-12-9-6-3/h7,10,13,16,19,21-22,24,26-28,30,42-44,48-49H,4-6,8-9,11-12,14-15,17-18,20,23,25,29,31-41H2,1-3H3,(H,47,50)/b10-7+,16-13+,21-19-,24-22-,28-26-,30-27+. The summed E-state index contributed by atoms with van der Waals surface area (Å²) in [6, 6.07) is -0.724. The summed E-state index contributed by atoms with van der Waals surface area (Å²) in [6.07, 6.45) is 48.3. The molecule has 0 bridgehead atoms. The molecule has 0 aliphatic rings. The van der Waals surface area contributed by atoms with Crippen molar-refractivity contribution in [2.75, 3.05) is 6.61 Å². The first-order valence-electron chi connectivity index (χ1n) is 21.2. The molecule has 0 aliphatic carbocycles. The minimum absolute atomic E-state index is 0.0246. The van der Waals surface area contributed by atoms with Crippen molar-refractivity contribution in [3.05, 3.63) is 72.9 Å². The number of allylic oxidation sites excluding steroid dienone is 12. The van der Waals surface area contributed by atoms with Crippen LogP contribution < -0.4 is 5.32 Å². The SMILES string of the molecule is CC/C=C/C=C/C=C\C=C/C=C/CCCC(=O)OC(CCC/C=C\CCCCCCCC)CC(=O)NC(CO)C(O)CCCCCCCCCCC. The van der Waals surface area contributed by atoms with E-state index in [1.165, 1.54) is 77.0 Å². The molecule has 0 heterocycles. The smallest absolute Gasteiger partial charge is 0.306 e. The van der Waals surface area contributed by atoms with E-state index in [-0.39, 0.29) is 31.3 Å². The molecule has 0 saturated heterocycles. The van der Waals surface area contributed by atoms with E-state index in [1.807, 2.05) is 54.7 Å². The number of unbranched alkanes of at least 4 members (excludes halogenated alkanes) is 16. The van der Waals surface area contributed by atoms with Crippen molar-refractivity contribution >= 4 is 11.9 Å². The third-order valence-electron chi connectivity index (χ3n) is 9.15. The number of carbonyl (C=O) groups is 2. The summed E-state index contributed by atoms with van der Waals surface area (Å²) in [6.45, 7) is 6.25. The molecule has 0 aliphatic heterocycles. The van der Waals surface area contributed by atoms with Crippen LogP contribution in [0, 0.1) is 0 Å². The first-order valence-corrected chi connectivity index (χ1v) is 21.2. The van der Waals surface area contributed by atoms with E-state index < -0.39 is 18.2 Å². The number of hydrogen-bond acceptors (Lipinski definition) is 5. The Labute approximate surface area is 320 Å². The molecule has 0 aromatic carbocycles. The van der Waals surface area contributed by atoms with Gasteiger partial charge in [0.1, 0.15) is 6.10 Å². The maximum Gasteiger partial charge on any atom is 0.306 e. The van der Waals surface area contributed by atoms with Crippen LogP contribution in [0.4, 0.5) is 0 Å². The van der Waals surface area contributed by atoms with Gasteiger partial charge in [-0.3, -0.25) is 9.59 Å². The van der Waals surface area contributed by atoms with Crippen LogP contribution in [0.3, 0.4) is 0 Å². The lowest BCUT2D eigenvalue weighted by molar-refractivity contribution is -0.151. The zero-order chi connectivity index (χ0) is 38.2. The minimum atomic E-state index is -0.806. The summed E-state index contributed by atoms with van der Waals surface area (Å²) in [7, 11) is 0. The monoisotopic (exact) mass is 726 g/mol. The molecule has 0 fully saturated rings. The Balaban J connectivity index is 4.79. The highest BCUT2D eigenvalue weighted by atomic mass is 16.5. The van der Waals surface area contributed by atoms with Gasteiger partial charge < -0.3 is 20.3 Å². The Morgan fingerprint density at radius 2 is 1.08 bits per heavy atom. The lowest BCUT2D eigenvalue weighted by Crippen LogP contribution is -2.46. The van der Waals surface area contributed by atoms with Gasteiger partial charge in [0.25, 0.3) is 0 Å².